The number of hydrogen-bond acceptors (Lipinski definition) is 6. The quantitative estimate of drug-likeness (QED) is 0.461. The standard InChI is InChI=1S/C24H25ClN6O4/c25-18-16-17(6-7-19(18)29-23(33)20-4-3-15-35-20)28-24(34)27-10-8-22(32)31-13-11-30(12-14-31)21-5-1-2-9-26-21/h1-7,9,15-16H,8,10-14H2,(H,29,33)(H2,27,28,34). The Morgan fingerprint density at radius 3 is 2.51 bits per heavy atom. The molecule has 4 amide bonds. The van der Waals surface area contributed by atoms with Gasteiger partial charge in [0.1, 0.15) is 5.82 Å². The number of furan rings is 1. The molecule has 0 unspecified atom stereocenters. The Hall–Kier alpha value is -4.05. The van der Waals surface area contributed by atoms with Gasteiger partial charge < -0.3 is 30.2 Å². The molecule has 0 spiro atoms. The SMILES string of the molecule is O=C(NCCC(=O)N1CCN(c2ccccn2)CC1)Nc1ccc(NC(=O)c2ccco2)c(Cl)c1. The van der Waals surface area contributed by atoms with Crippen molar-refractivity contribution < 1.29 is 18.8 Å². The predicted octanol–water partition coefficient (Wildman–Crippen LogP) is 3.44. The van der Waals surface area contributed by atoms with Gasteiger partial charge in [0, 0.05) is 51.0 Å². The molecule has 0 saturated carbocycles. The summed E-state index contributed by atoms with van der Waals surface area (Å²) in [5.41, 5.74) is 0.827. The molecule has 0 bridgehead atoms. The molecule has 0 atom stereocenters. The number of nitrogens with one attached hydrogen (secondary N) is 3. The van der Waals surface area contributed by atoms with Crippen LogP contribution in [0.3, 0.4) is 0 Å². The molecule has 1 fully saturated rings. The monoisotopic (exact) mass is 496 g/mol. The number of aromatic nitrogens is 1. The van der Waals surface area contributed by atoms with Crippen LogP contribution in [0, 0.1) is 0 Å². The number of piperazine rings is 1. The molecule has 182 valence electrons. The largest absolute Gasteiger partial charge is 0.459 e. The molecular weight excluding hydrogens is 472 g/mol. The van der Waals surface area contributed by atoms with Crippen molar-refractivity contribution in [3.63, 3.8) is 0 Å². The van der Waals surface area contributed by atoms with E-state index in [-0.39, 0.29) is 29.7 Å². The lowest BCUT2D eigenvalue weighted by Gasteiger charge is -2.35. The van der Waals surface area contributed by atoms with Gasteiger partial charge in [-0.25, -0.2) is 9.78 Å². The molecule has 2 aromatic heterocycles. The van der Waals surface area contributed by atoms with E-state index in [1.54, 1.807) is 29.3 Å². The van der Waals surface area contributed by atoms with E-state index in [0.717, 1.165) is 18.9 Å². The summed E-state index contributed by atoms with van der Waals surface area (Å²) in [4.78, 5) is 45.1. The molecule has 4 rings (SSSR count). The third-order valence-electron chi connectivity index (χ3n) is 5.45. The van der Waals surface area contributed by atoms with E-state index in [0.29, 0.717) is 24.5 Å². The molecule has 3 N–H and O–H groups in total. The number of nitrogens with zero attached hydrogens (tertiary/aromatic N) is 3. The van der Waals surface area contributed by atoms with Crippen LogP contribution in [-0.4, -0.2) is 60.5 Å². The number of pyridine rings is 1. The number of carbonyl (C=O) groups is 3. The van der Waals surface area contributed by atoms with Crippen molar-refractivity contribution in [3.05, 3.63) is 71.8 Å². The first kappa shape index (κ1) is 24.1. The minimum atomic E-state index is -0.457. The average Bonchev–Trinajstić information content (AvgIpc) is 3.42. The second kappa shape index (κ2) is 11.4. The number of halogens is 1. The topological polar surface area (TPSA) is 120 Å². The predicted molar refractivity (Wildman–Crippen MR) is 133 cm³/mol. The smallest absolute Gasteiger partial charge is 0.319 e. The third-order valence-corrected chi connectivity index (χ3v) is 5.76. The average molecular weight is 497 g/mol. The molecule has 3 heterocycles. The van der Waals surface area contributed by atoms with Gasteiger partial charge in [-0.3, -0.25) is 9.59 Å². The molecule has 0 aliphatic carbocycles. The third kappa shape index (κ3) is 6.51. The Bertz CT molecular complexity index is 1160. The molecule has 35 heavy (non-hydrogen) atoms. The highest BCUT2D eigenvalue weighted by Gasteiger charge is 2.21. The van der Waals surface area contributed by atoms with Crippen molar-refractivity contribution >= 4 is 46.6 Å². The van der Waals surface area contributed by atoms with E-state index in [1.807, 2.05) is 18.2 Å². The van der Waals surface area contributed by atoms with Gasteiger partial charge in [0.05, 0.1) is 17.0 Å². The number of carbonyl (C=O) groups excluding carboxylic acids is 3. The number of hydrogen-bond donors (Lipinski definition) is 3. The summed E-state index contributed by atoms with van der Waals surface area (Å²) < 4.78 is 5.05. The maximum absolute atomic E-state index is 12.5. The van der Waals surface area contributed by atoms with E-state index < -0.39 is 11.9 Å². The minimum absolute atomic E-state index is 0.00864. The van der Waals surface area contributed by atoms with Gasteiger partial charge in [-0.2, -0.15) is 0 Å². The highest BCUT2D eigenvalue weighted by atomic mass is 35.5. The molecule has 1 saturated heterocycles. The number of rotatable bonds is 7. The first-order valence-electron chi connectivity index (χ1n) is 11.1. The summed E-state index contributed by atoms with van der Waals surface area (Å²) in [6.07, 6.45) is 3.36. The van der Waals surface area contributed by atoms with E-state index in [4.69, 9.17) is 16.0 Å². The number of urea groups is 1. The van der Waals surface area contributed by atoms with E-state index in [2.05, 4.69) is 25.8 Å². The molecule has 0 radical (unpaired) electrons. The second-order valence-electron chi connectivity index (χ2n) is 7.81. The molecule has 11 heteroatoms. The lowest BCUT2D eigenvalue weighted by Crippen LogP contribution is -2.49. The lowest BCUT2D eigenvalue weighted by atomic mass is 10.2. The van der Waals surface area contributed by atoms with E-state index in [9.17, 15) is 14.4 Å². The van der Waals surface area contributed by atoms with Gasteiger partial charge in [-0.15, -0.1) is 0 Å². The van der Waals surface area contributed by atoms with Gasteiger partial charge in [0.15, 0.2) is 5.76 Å². The van der Waals surface area contributed by atoms with Crippen molar-refractivity contribution in [2.45, 2.75) is 6.42 Å². The van der Waals surface area contributed by atoms with Gasteiger partial charge >= 0.3 is 6.03 Å². The normalized spacial score (nSPS) is 13.3. The van der Waals surface area contributed by atoms with Crippen LogP contribution >= 0.6 is 11.6 Å². The van der Waals surface area contributed by atoms with Gasteiger partial charge in [0.25, 0.3) is 5.91 Å². The van der Waals surface area contributed by atoms with Gasteiger partial charge in [-0.1, -0.05) is 17.7 Å². The first-order chi connectivity index (χ1) is 17.0. The van der Waals surface area contributed by atoms with Crippen molar-refractivity contribution in [1.82, 2.24) is 15.2 Å². The van der Waals surface area contributed by atoms with Crippen molar-refractivity contribution in [1.29, 1.82) is 0 Å². The maximum atomic E-state index is 12.5. The second-order valence-corrected chi connectivity index (χ2v) is 8.22. The summed E-state index contributed by atoms with van der Waals surface area (Å²) in [6, 6.07) is 13.2. The Balaban J connectivity index is 1.18. The van der Waals surface area contributed by atoms with Crippen LogP contribution in [0.15, 0.2) is 65.4 Å². The number of anilines is 3. The molecule has 1 aromatic carbocycles. The van der Waals surface area contributed by atoms with Gasteiger partial charge in [-0.05, 0) is 42.5 Å². The molecule has 1 aliphatic rings. The van der Waals surface area contributed by atoms with Crippen molar-refractivity contribution in [2.75, 3.05) is 48.3 Å². The highest BCUT2D eigenvalue weighted by Crippen LogP contribution is 2.26. The Labute approximate surface area is 207 Å². The lowest BCUT2D eigenvalue weighted by molar-refractivity contribution is -0.131. The summed E-state index contributed by atoms with van der Waals surface area (Å²) in [6.45, 7) is 2.87. The van der Waals surface area contributed by atoms with Crippen LogP contribution in [0.1, 0.15) is 17.0 Å². The zero-order chi connectivity index (χ0) is 24.6. The molecule has 3 aromatic rings. The van der Waals surface area contributed by atoms with E-state index >= 15 is 0 Å². The fraction of sp³-hybridized carbons (Fsp3) is 0.250. The summed E-state index contributed by atoms with van der Waals surface area (Å²) in [5, 5.41) is 8.24. The van der Waals surface area contributed by atoms with Crippen molar-refractivity contribution in [2.24, 2.45) is 0 Å². The zero-order valence-corrected chi connectivity index (χ0v) is 19.6. The molecule has 1 aliphatic heterocycles. The Morgan fingerprint density at radius 2 is 1.83 bits per heavy atom. The number of amides is 4. The first-order valence-corrected chi connectivity index (χ1v) is 11.5. The van der Waals surface area contributed by atoms with E-state index in [1.165, 1.54) is 18.4 Å². The van der Waals surface area contributed by atoms with Crippen LogP contribution in [-0.2, 0) is 4.79 Å². The van der Waals surface area contributed by atoms with Crippen molar-refractivity contribution in [3.8, 4) is 0 Å². The maximum Gasteiger partial charge on any atom is 0.319 e. The van der Waals surface area contributed by atoms with Crippen LogP contribution in [0.25, 0.3) is 0 Å². The Morgan fingerprint density at radius 1 is 1.00 bits per heavy atom. The summed E-state index contributed by atoms with van der Waals surface area (Å²) >= 11 is 6.23. The van der Waals surface area contributed by atoms with Crippen LogP contribution < -0.4 is 20.9 Å². The number of benzene rings is 1. The minimum Gasteiger partial charge on any atom is -0.459 e. The molecular formula is C24H25ClN6O4. The van der Waals surface area contributed by atoms with Crippen LogP contribution in [0.4, 0.5) is 22.0 Å². The van der Waals surface area contributed by atoms with Gasteiger partial charge in [0.2, 0.25) is 5.91 Å². The van der Waals surface area contributed by atoms with Crippen LogP contribution in [0.5, 0.6) is 0 Å². The zero-order valence-electron chi connectivity index (χ0n) is 18.9. The van der Waals surface area contributed by atoms with Crippen LogP contribution in [0.2, 0.25) is 5.02 Å². The summed E-state index contributed by atoms with van der Waals surface area (Å²) in [5.74, 6) is 0.627. The summed E-state index contributed by atoms with van der Waals surface area (Å²) in [7, 11) is 0. The molecule has 10 nitrogen and oxygen atoms in total. The Kier molecular flexibility index (Phi) is 7.84. The fourth-order valence-electron chi connectivity index (χ4n) is 3.63. The fourth-order valence-corrected chi connectivity index (χ4v) is 3.86. The highest BCUT2D eigenvalue weighted by molar-refractivity contribution is 6.34.